The Bertz CT molecular complexity index is 2240. The third kappa shape index (κ3) is 6.16. The second-order valence-electron chi connectivity index (χ2n) is 10.3. The zero-order valence-corrected chi connectivity index (χ0v) is 25.9. The number of hydrogen-bond acceptors (Lipinski definition) is 8. The molecule has 0 aliphatic carbocycles. The highest BCUT2D eigenvalue weighted by Gasteiger charge is 2.27. The molecule has 12 heteroatoms. The number of fused-ring (bicyclic) bond motifs is 1. The maximum Gasteiger partial charge on any atom is 0.265 e. The minimum atomic E-state index is -4.13. The average molecular weight is 650 g/mol. The van der Waals surface area contributed by atoms with Crippen LogP contribution in [0.2, 0.25) is 0 Å². The van der Waals surface area contributed by atoms with E-state index in [2.05, 4.69) is 21.0 Å². The third-order valence-corrected chi connectivity index (χ3v) is 9.22. The number of rotatable bonds is 9. The first-order chi connectivity index (χ1) is 22.7. The molecular formula is C35H25F2N5O4S. The molecule has 0 saturated carbocycles. The number of sulfonamides is 1. The summed E-state index contributed by atoms with van der Waals surface area (Å²) < 4.78 is 68.4. The van der Waals surface area contributed by atoms with E-state index < -0.39 is 21.7 Å². The van der Waals surface area contributed by atoms with E-state index >= 15 is 0 Å². The summed E-state index contributed by atoms with van der Waals surface area (Å²) in [5.74, 6) is -0.668. The molecule has 0 aliphatic heterocycles. The molecule has 47 heavy (non-hydrogen) atoms. The van der Waals surface area contributed by atoms with Crippen LogP contribution in [0.5, 0.6) is 11.6 Å². The lowest BCUT2D eigenvalue weighted by molar-refractivity contribution is 0.400. The van der Waals surface area contributed by atoms with E-state index in [1.807, 2.05) is 0 Å². The minimum Gasteiger partial charge on any atom is -0.497 e. The Kier molecular flexibility index (Phi) is 8.48. The zero-order chi connectivity index (χ0) is 33.1. The summed E-state index contributed by atoms with van der Waals surface area (Å²) in [7, 11) is -1.18. The Morgan fingerprint density at radius 1 is 0.872 bits per heavy atom. The largest absolute Gasteiger partial charge is 0.497 e. The predicted octanol–water partition coefficient (Wildman–Crippen LogP) is 6.92. The van der Waals surface area contributed by atoms with Gasteiger partial charge in [-0.25, -0.2) is 36.5 Å². The van der Waals surface area contributed by atoms with E-state index in [1.54, 1.807) is 61.7 Å². The van der Waals surface area contributed by atoms with Crippen molar-refractivity contribution in [3.05, 3.63) is 126 Å². The van der Waals surface area contributed by atoms with Gasteiger partial charge in [0.05, 0.1) is 36.9 Å². The van der Waals surface area contributed by atoms with Gasteiger partial charge in [-0.05, 0) is 64.4 Å². The first kappa shape index (κ1) is 31.1. The van der Waals surface area contributed by atoms with Crippen LogP contribution in [0, 0.1) is 23.0 Å². The maximum atomic E-state index is 14.2. The van der Waals surface area contributed by atoms with E-state index in [0.717, 1.165) is 18.2 Å². The summed E-state index contributed by atoms with van der Waals surface area (Å²) in [6, 6.07) is 25.1. The minimum absolute atomic E-state index is 0.00276. The normalized spacial score (nSPS) is 11.2. The van der Waals surface area contributed by atoms with Crippen LogP contribution in [-0.2, 0) is 16.6 Å². The maximum absolute atomic E-state index is 14.2. The highest BCUT2D eigenvalue weighted by molar-refractivity contribution is 7.92. The molecule has 9 nitrogen and oxygen atoms in total. The van der Waals surface area contributed by atoms with Gasteiger partial charge in [-0.15, -0.1) is 0 Å². The monoisotopic (exact) mass is 649 g/mol. The molecule has 0 unspecified atom stereocenters. The molecule has 234 valence electrons. The average Bonchev–Trinajstić information content (AvgIpc) is 3.09. The summed E-state index contributed by atoms with van der Waals surface area (Å²) in [6.45, 7) is 0.00276. The smallest absolute Gasteiger partial charge is 0.265 e. The van der Waals surface area contributed by atoms with Crippen molar-refractivity contribution < 1.29 is 26.7 Å². The van der Waals surface area contributed by atoms with Gasteiger partial charge < -0.3 is 9.47 Å². The SMILES string of the molecule is COc1ccc(CN(c2ccncn2)S(=O)(=O)c2ccc3c(-c4cc(C#N)c(-c5cc(F)cc(F)c5)nc4OC)cccc3c2)cc1. The molecule has 0 spiro atoms. The van der Waals surface area contributed by atoms with Gasteiger partial charge >= 0.3 is 0 Å². The van der Waals surface area contributed by atoms with Crippen LogP contribution in [0.4, 0.5) is 14.6 Å². The molecule has 6 aromatic rings. The Hall–Kier alpha value is -5.93. The van der Waals surface area contributed by atoms with Crippen molar-refractivity contribution in [3.8, 4) is 40.1 Å². The summed E-state index contributed by atoms with van der Waals surface area (Å²) >= 11 is 0. The second-order valence-corrected chi connectivity index (χ2v) is 12.2. The highest BCUT2D eigenvalue weighted by Crippen LogP contribution is 2.38. The molecule has 0 saturated heterocycles. The van der Waals surface area contributed by atoms with Crippen LogP contribution in [-0.4, -0.2) is 37.6 Å². The lowest BCUT2D eigenvalue weighted by Crippen LogP contribution is -2.31. The van der Waals surface area contributed by atoms with Crippen LogP contribution >= 0.6 is 0 Å². The molecule has 4 aromatic carbocycles. The number of nitrogens with zero attached hydrogens (tertiary/aromatic N) is 5. The van der Waals surface area contributed by atoms with Crippen LogP contribution in [0.25, 0.3) is 33.2 Å². The number of halogens is 2. The second kappa shape index (κ2) is 12.8. The van der Waals surface area contributed by atoms with Gasteiger partial charge in [0.25, 0.3) is 10.0 Å². The van der Waals surface area contributed by atoms with Crippen molar-refractivity contribution in [2.75, 3.05) is 18.5 Å². The Morgan fingerprint density at radius 3 is 2.30 bits per heavy atom. The van der Waals surface area contributed by atoms with Gasteiger partial charge in [0, 0.05) is 29.5 Å². The quantitative estimate of drug-likeness (QED) is 0.166. The lowest BCUT2D eigenvalue weighted by Gasteiger charge is -2.24. The number of pyridine rings is 1. The van der Waals surface area contributed by atoms with Gasteiger partial charge in [0.15, 0.2) is 0 Å². The molecule has 6 rings (SSSR count). The highest BCUT2D eigenvalue weighted by atomic mass is 32.2. The number of methoxy groups -OCH3 is 2. The fraction of sp³-hybridized carbons (Fsp3) is 0.0857. The summed E-state index contributed by atoms with van der Waals surface area (Å²) in [5.41, 5.74) is 1.97. The molecule has 0 amide bonds. The molecule has 0 atom stereocenters. The number of ether oxygens (including phenoxy) is 2. The first-order valence-corrected chi connectivity index (χ1v) is 15.6. The van der Waals surface area contributed by atoms with Gasteiger partial charge in [-0.3, -0.25) is 0 Å². The van der Waals surface area contributed by atoms with Crippen molar-refractivity contribution in [1.29, 1.82) is 5.26 Å². The summed E-state index contributed by atoms with van der Waals surface area (Å²) in [5, 5.41) is 11.2. The topological polar surface area (TPSA) is 118 Å². The lowest BCUT2D eigenvalue weighted by atomic mass is 9.96. The number of aromatic nitrogens is 3. The van der Waals surface area contributed by atoms with Gasteiger partial charge in [-0.2, -0.15) is 5.26 Å². The van der Waals surface area contributed by atoms with Crippen LogP contribution in [0.15, 0.2) is 108 Å². The van der Waals surface area contributed by atoms with Crippen molar-refractivity contribution in [1.82, 2.24) is 15.0 Å². The molecule has 2 aromatic heterocycles. The van der Waals surface area contributed by atoms with Gasteiger partial charge in [0.2, 0.25) is 5.88 Å². The Labute approximate surface area is 269 Å². The standard InChI is InChI=1S/C35H25F2N5O4S/c1-45-28-8-6-22(7-9-28)20-42(33-12-13-39-21-40-33)47(43,44)29-10-11-30-23(16-29)4-3-5-31(30)32-17-25(19-38)34(41-35(32)46-2)24-14-26(36)18-27(37)15-24/h3-18,21H,20H2,1-2H3. The van der Waals surface area contributed by atoms with Gasteiger partial charge in [-0.1, -0.05) is 36.4 Å². The molecule has 0 N–H and O–H groups in total. The number of nitriles is 1. The van der Waals surface area contributed by atoms with Crippen molar-refractivity contribution >= 4 is 26.6 Å². The Balaban J connectivity index is 1.44. The predicted molar refractivity (Wildman–Crippen MR) is 172 cm³/mol. The fourth-order valence-electron chi connectivity index (χ4n) is 5.24. The fourth-order valence-corrected chi connectivity index (χ4v) is 6.69. The van der Waals surface area contributed by atoms with Crippen molar-refractivity contribution in [3.63, 3.8) is 0 Å². The zero-order valence-electron chi connectivity index (χ0n) is 25.1. The number of hydrogen-bond donors (Lipinski definition) is 0. The van der Waals surface area contributed by atoms with E-state index in [0.29, 0.717) is 33.2 Å². The van der Waals surface area contributed by atoms with E-state index in [9.17, 15) is 22.5 Å². The third-order valence-electron chi connectivity index (χ3n) is 7.47. The van der Waals surface area contributed by atoms with Crippen molar-refractivity contribution in [2.45, 2.75) is 11.4 Å². The van der Waals surface area contributed by atoms with Crippen LogP contribution in [0.1, 0.15) is 11.1 Å². The molecule has 0 radical (unpaired) electrons. The summed E-state index contributed by atoms with van der Waals surface area (Å²) in [6.07, 6.45) is 2.75. The van der Waals surface area contributed by atoms with Crippen LogP contribution < -0.4 is 13.8 Å². The van der Waals surface area contributed by atoms with E-state index in [-0.39, 0.29) is 40.0 Å². The molecule has 0 bridgehead atoms. The first-order valence-electron chi connectivity index (χ1n) is 14.1. The van der Waals surface area contributed by atoms with E-state index in [1.165, 1.54) is 42.1 Å². The molecule has 2 heterocycles. The van der Waals surface area contributed by atoms with Crippen LogP contribution in [0.3, 0.4) is 0 Å². The Morgan fingerprint density at radius 2 is 1.64 bits per heavy atom. The van der Waals surface area contributed by atoms with Gasteiger partial charge in [0.1, 0.15) is 35.6 Å². The van der Waals surface area contributed by atoms with Crippen molar-refractivity contribution in [2.24, 2.45) is 0 Å². The summed E-state index contributed by atoms with van der Waals surface area (Å²) in [4.78, 5) is 12.6. The number of benzene rings is 4. The molecule has 0 aliphatic rings. The molecular weight excluding hydrogens is 624 g/mol. The number of anilines is 1. The van der Waals surface area contributed by atoms with E-state index in [4.69, 9.17) is 9.47 Å². The molecule has 0 fully saturated rings.